The third-order valence-corrected chi connectivity index (χ3v) is 7.11. The van der Waals surface area contributed by atoms with E-state index in [1.54, 1.807) is 0 Å². The zero-order valence-electron chi connectivity index (χ0n) is 18.4. The maximum atomic E-state index is 11.8. The fourth-order valence-corrected chi connectivity index (χ4v) is 4.90. The molecule has 0 saturated heterocycles. The van der Waals surface area contributed by atoms with E-state index in [0.717, 1.165) is 29.5 Å². The molecule has 0 fully saturated rings. The molecule has 1 N–H and O–H groups in total. The third-order valence-electron chi connectivity index (χ3n) is 6.05. The van der Waals surface area contributed by atoms with Crippen molar-refractivity contribution in [2.45, 2.75) is 46.3 Å². The number of hydrogen-bond donors (Lipinski definition) is 1. The summed E-state index contributed by atoms with van der Waals surface area (Å²) in [5.74, 6) is 0. The highest BCUT2D eigenvalue weighted by Gasteiger charge is 2.38. The summed E-state index contributed by atoms with van der Waals surface area (Å²) in [6, 6.07) is 13.6. The maximum Gasteiger partial charge on any atom is 0.336 e. The molecule has 1 aliphatic rings. The van der Waals surface area contributed by atoms with Gasteiger partial charge in [-0.1, -0.05) is 48.0 Å². The first-order chi connectivity index (χ1) is 14.1. The topological polar surface area (TPSA) is 63.9 Å². The molecule has 0 aromatic heterocycles. The van der Waals surface area contributed by atoms with Crippen LogP contribution in [0.15, 0.2) is 42.5 Å². The SMILES string of the molecule is Cc1cc(C)c(C[N+]2=CN([C@@H](c3ccccc3)[C@@H](C)N(C)S(=O)(=O)O)CC2)c(C)c1. The minimum absolute atomic E-state index is 0.205. The van der Waals surface area contributed by atoms with E-state index >= 15 is 0 Å². The summed E-state index contributed by atoms with van der Waals surface area (Å²) in [7, 11) is -2.86. The highest BCUT2D eigenvalue weighted by molar-refractivity contribution is 7.83. The van der Waals surface area contributed by atoms with E-state index in [0.29, 0.717) is 0 Å². The van der Waals surface area contributed by atoms with Crippen molar-refractivity contribution < 1.29 is 17.5 Å². The van der Waals surface area contributed by atoms with Gasteiger partial charge in [-0.2, -0.15) is 12.7 Å². The first-order valence-corrected chi connectivity index (χ1v) is 11.6. The Kier molecular flexibility index (Phi) is 6.65. The summed E-state index contributed by atoms with van der Waals surface area (Å²) in [6.07, 6.45) is 2.10. The zero-order valence-corrected chi connectivity index (χ0v) is 19.2. The summed E-state index contributed by atoms with van der Waals surface area (Å²) >= 11 is 0. The number of nitrogens with zero attached hydrogens (tertiary/aromatic N) is 3. The van der Waals surface area contributed by atoms with Crippen LogP contribution in [0.1, 0.15) is 40.8 Å². The lowest BCUT2D eigenvalue weighted by Gasteiger charge is -2.31. The Hall–Kier alpha value is -2.22. The molecule has 3 rings (SSSR count). The van der Waals surface area contributed by atoms with E-state index in [1.165, 1.54) is 29.3 Å². The third kappa shape index (κ3) is 4.91. The van der Waals surface area contributed by atoms with Crippen molar-refractivity contribution in [3.63, 3.8) is 0 Å². The largest absolute Gasteiger partial charge is 0.336 e. The Morgan fingerprint density at radius 1 is 1.13 bits per heavy atom. The lowest BCUT2D eigenvalue weighted by Crippen LogP contribution is -2.44. The Bertz CT molecular complexity index is 1010. The summed E-state index contributed by atoms with van der Waals surface area (Å²) in [4.78, 5) is 2.18. The molecule has 30 heavy (non-hydrogen) atoms. The average molecular weight is 431 g/mol. The van der Waals surface area contributed by atoms with E-state index in [2.05, 4.69) is 48.7 Å². The summed E-state index contributed by atoms with van der Waals surface area (Å²) in [5, 5.41) is 0. The van der Waals surface area contributed by atoms with Gasteiger partial charge < -0.3 is 0 Å². The van der Waals surface area contributed by atoms with Crippen molar-refractivity contribution >= 4 is 16.6 Å². The van der Waals surface area contributed by atoms with Gasteiger partial charge in [0.2, 0.25) is 6.34 Å². The fourth-order valence-electron chi connectivity index (χ4n) is 4.37. The second-order valence-electron chi connectivity index (χ2n) is 8.29. The van der Waals surface area contributed by atoms with E-state index in [1.807, 2.05) is 37.3 Å². The molecule has 2 aromatic carbocycles. The molecule has 7 heteroatoms. The van der Waals surface area contributed by atoms with Gasteiger partial charge in [0.25, 0.3) is 0 Å². The van der Waals surface area contributed by atoms with Crippen molar-refractivity contribution in [2.75, 3.05) is 20.1 Å². The summed E-state index contributed by atoms with van der Waals surface area (Å²) in [6.45, 7) is 10.7. The molecule has 162 valence electrons. The molecular formula is C23H32N3O3S+. The Morgan fingerprint density at radius 2 is 1.73 bits per heavy atom. The fraction of sp³-hybridized carbons (Fsp3) is 0.435. The van der Waals surface area contributed by atoms with Crippen molar-refractivity contribution in [2.24, 2.45) is 0 Å². The highest BCUT2D eigenvalue weighted by Crippen LogP contribution is 2.29. The Morgan fingerprint density at radius 3 is 2.30 bits per heavy atom. The highest BCUT2D eigenvalue weighted by atomic mass is 32.2. The lowest BCUT2D eigenvalue weighted by molar-refractivity contribution is -0.530. The quantitative estimate of drug-likeness (QED) is 0.541. The van der Waals surface area contributed by atoms with E-state index in [4.69, 9.17) is 0 Å². The van der Waals surface area contributed by atoms with Crippen LogP contribution in [-0.2, 0) is 16.8 Å². The normalized spacial score (nSPS) is 16.6. The average Bonchev–Trinajstić information content (AvgIpc) is 3.12. The van der Waals surface area contributed by atoms with Gasteiger partial charge in [-0.25, -0.2) is 0 Å². The van der Waals surface area contributed by atoms with E-state index in [-0.39, 0.29) is 6.04 Å². The van der Waals surface area contributed by atoms with Gasteiger partial charge >= 0.3 is 10.3 Å². The van der Waals surface area contributed by atoms with Crippen LogP contribution in [0.5, 0.6) is 0 Å². The molecule has 0 aliphatic carbocycles. The second-order valence-corrected chi connectivity index (χ2v) is 9.76. The van der Waals surface area contributed by atoms with E-state index in [9.17, 15) is 13.0 Å². The Balaban J connectivity index is 1.91. The first kappa shape index (κ1) is 22.5. The first-order valence-electron chi connectivity index (χ1n) is 10.2. The van der Waals surface area contributed by atoms with Crippen LogP contribution < -0.4 is 0 Å². The second kappa shape index (κ2) is 8.88. The van der Waals surface area contributed by atoms with Gasteiger partial charge in [-0.15, -0.1) is 0 Å². The van der Waals surface area contributed by atoms with Gasteiger partial charge in [0, 0.05) is 7.05 Å². The van der Waals surface area contributed by atoms with Crippen molar-refractivity contribution in [3.05, 3.63) is 70.3 Å². The molecular weight excluding hydrogens is 398 g/mol. The zero-order chi connectivity index (χ0) is 22.1. The number of likely N-dealkylation sites (N-methyl/N-ethyl adjacent to an activating group) is 1. The molecule has 0 saturated carbocycles. The molecule has 1 heterocycles. The molecule has 0 unspecified atom stereocenters. The van der Waals surface area contributed by atoms with Gasteiger partial charge in [0.15, 0.2) is 0 Å². The smallest absolute Gasteiger partial charge is 0.273 e. The summed E-state index contributed by atoms with van der Waals surface area (Å²) in [5.41, 5.74) is 6.20. The van der Waals surface area contributed by atoms with Gasteiger partial charge in [-0.3, -0.25) is 14.0 Å². The monoisotopic (exact) mass is 430 g/mol. The molecule has 0 amide bonds. The van der Waals surface area contributed by atoms with Crippen LogP contribution in [0, 0.1) is 20.8 Å². The molecule has 2 atom stereocenters. The van der Waals surface area contributed by atoms with Crippen LogP contribution >= 0.6 is 0 Å². The molecule has 0 spiro atoms. The van der Waals surface area contributed by atoms with Crippen LogP contribution in [0.25, 0.3) is 0 Å². The Labute approximate surface area is 180 Å². The molecule has 6 nitrogen and oxygen atoms in total. The lowest BCUT2D eigenvalue weighted by atomic mass is 9.99. The van der Waals surface area contributed by atoms with E-state index < -0.39 is 16.3 Å². The number of hydrogen-bond acceptors (Lipinski definition) is 3. The maximum absolute atomic E-state index is 11.8. The van der Waals surface area contributed by atoms with Crippen LogP contribution in [-0.4, -0.2) is 59.3 Å². The number of rotatable bonds is 7. The van der Waals surface area contributed by atoms with Crippen LogP contribution in [0.2, 0.25) is 0 Å². The van der Waals surface area contributed by atoms with Crippen molar-refractivity contribution in [1.82, 2.24) is 9.21 Å². The minimum atomic E-state index is -4.28. The number of benzene rings is 2. The van der Waals surface area contributed by atoms with Crippen molar-refractivity contribution in [3.8, 4) is 0 Å². The van der Waals surface area contributed by atoms with Crippen LogP contribution in [0.4, 0.5) is 0 Å². The van der Waals surface area contributed by atoms with Crippen molar-refractivity contribution in [1.29, 1.82) is 0 Å². The molecule has 0 bridgehead atoms. The van der Waals surface area contributed by atoms with Gasteiger partial charge in [0.05, 0.1) is 6.04 Å². The predicted octanol–water partition coefficient (Wildman–Crippen LogP) is 3.33. The predicted molar refractivity (Wildman–Crippen MR) is 120 cm³/mol. The number of aryl methyl sites for hydroxylation is 3. The molecule has 0 radical (unpaired) electrons. The minimum Gasteiger partial charge on any atom is -0.273 e. The molecule has 1 aliphatic heterocycles. The standard InChI is InChI=1S/C23H31N3O3S/c1-17-13-18(2)22(19(3)14-17)15-25-11-12-26(16-25)23(21-9-7-6-8-10-21)20(4)24(5)30(27,28)29/h6-10,13-14,16,20,23H,11-12,15H2,1-5H3/p+1/t20-,23-/m1/s1. The molecule has 2 aromatic rings. The van der Waals surface area contributed by atoms with Crippen LogP contribution in [0.3, 0.4) is 0 Å². The summed E-state index contributed by atoms with van der Waals surface area (Å²) < 4.78 is 36.4. The van der Waals surface area contributed by atoms with Gasteiger partial charge in [0.1, 0.15) is 25.7 Å². The van der Waals surface area contributed by atoms with Gasteiger partial charge in [-0.05, 0) is 49.9 Å².